The second-order valence-corrected chi connectivity index (χ2v) is 21.2. The summed E-state index contributed by atoms with van der Waals surface area (Å²) in [6.07, 6.45) is 13.1. The average molecular weight is 696 g/mol. The predicted octanol–water partition coefficient (Wildman–Crippen LogP) is 7.86. The molecule has 1 atom stereocenters. The number of hydrogen-bond acceptors (Lipinski definition) is 6. The first-order valence-electron chi connectivity index (χ1n) is 17.8. The molecular weight excluding hydrogens is 642 g/mol. The van der Waals surface area contributed by atoms with Gasteiger partial charge < -0.3 is 15.8 Å². The van der Waals surface area contributed by atoms with E-state index >= 15 is 0 Å². The third kappa shape index (κ3) is 8.39. The summed E-state index contributed by atoms with van der Waals surface area (Å²) in [5, 5.41) is 12.5. The normalized spacial score (nSPS) is 17.2. The highest BCUT2D eigenvalue weighted by molar-refractivity contribution is 6.76. The second-order valence-electron chi connectivity index (χ2n) is 15.2. The zero-order valence-electron chi connectivity index (χ0n) is 29.6. The minimum Gasteiger partial charge on any atom is -0.364 e. The Bertz CT molecular complexity index is 1570. The molecule has 3 N–H and O–H groups in total. The summed E-state index contributed by atoms with van der Waals surface area (Å²) in [5.74, 6) is -0.139. The number of nitrogens with two attached hydrogens (primary N) is 1. The first-order chi connectivity index (χ1) is 22.9. The number of carbonyl (C=O) groups excluding carboxylic acids is 2. The zero-order chi connectivity index (χ0) is 34.6. The van der Waals surface area contributed by atoms with Crippen LogP contribution in [0.2, 0.25) is 30.8 Å². The van der Waals surface area contributed by atoms with Gasteiger partial charge in [0.25, 0.3) is 5.91 Å². The lowest BCUT2D eigenvalue weighted by atomic mass is 9.63. The number of aryl methyl sites for hydroxylation is 2. The van der Waals surface area contributed by atoms with Gasteiger partial charge in [0.2, 0.25) is 5.91 Å². The Morgan fingerprint density at radius 1 is 1.04 bits per heavy atom. The van der Waals surface area contributed by atoms with E-state index in [2.05, 4.69) is 35.0 Å². The number of primary amides is 1. The molecule has 2 aliphatic carbocycles. The fourth-order valence-corrected chi connectivity index (χ4v) is 9.12. The number of anilines is 1. The summed E-state index contributed by atoms with van der Waals surface area (Å²) >= 11 is 6.85. The van der Waals surface area contributed by atoms with Crippen LogP contribution in [-0.2, 0) is 23.3 Å². The fraction of sp³-hybridized carbons (Fsp3) is 0.639. The van der Waals surface area contributed by atoms with Gasteiger partial charge in [-0.1, -0.05) is 95.5 Å². The van der Waals surface area contributed by atoms with Crippen LogP contribution in [0, 0.1) is 31.6 Å². The van der Waals surface area contributed by atoms with Crippen LogP contribution in [-0.4, -0.2) is 51.0 Å². The van der Waals surface area contributed by atoms with Crippen molar-refractivity contribution in [1.29, 1.82) is 0 Å². The number of nitrogens with zero attached hydrogens (tertiary/aromatic N) is 5. The van der Waals surface area contributed by atoms with Gasteiger partial charge in [0.05, 0.1) is 17.8 Å². The van der Waals surface area contributed by atoms with Gasteiger partial charge in [-0.15, -0.1) is 0 Å². The Morgan fingerprint density at radius 2 is 1.67 bits per heavy atom. The number of nitrogens with one attached hydrogen (secondary N) is 1. The van der Waals surface area contributed by atoms with Crippen molar-refractivity contribution in [3.8, 4) is 11.1 Å². The lowest BCUT2D eigenvalue weighted by Gasteiger charge is -2.41. The summed E-state index contributed by atoms with van der Waals surface area (Å²) < 4.78 is 9.34. The van der Waals surface area contributed by atoms with E-state index in [9.17, 15) is 9.59 Å². The minimum atomic E-state index is -1.19. The molecule has 10 nitrogen and oxygen atoms in total. The molecule has 2 fully saturated rings. The monoisotopic (exact) mass is 695 g/mol. The maximum absolute atomic E-state index is 14.6. The average Bonchev–Trinajstić information content (AvgIpc) is 3.56. The molecule has 0 aromatic carbocycles. The van der Waals surface area contributed by atoms with Crippen LogP contribution in [0.25, 0.3) is 11.1 Å². The molecule has 48 heavy (non-hydrogen) atoms. The highest BCUT2D eigenvalue weighted by atomic mass is 35.5. The number of aromatic nitrogens is 5. The van der Waals surface area contributed by atoms with Crippen molar-refractivity contribution in [2.45, 2.75) is 116 Å². The van der Waals surface area contributed by atoms with E-state index in [0.29, 0.717) is 42.2 Å². The Morgan fingerprint density at radius 3 is 2.23 bits per heavy atom. The summed E-state index contributed by atoms with van der Waals surface area (Å²) in [4.78, 5) is 32.0. The number of hydrogen-bond donors (Lipinski definition) is 2. The first kappa shape index (κ1) is 36.3. The molecule has 2 aliphatic rings. The van der Waals surface area contributed by atoms with Crippen molar-refractivity contribution in [2.24, 2.45) is 30.5 Å². The maximum Gasteiger partial charge on any atom is 0.267 e. The quantitative estimate of drug-likeness (QED) is 0.106. The van der Waals surface area contributed by atoms with Crippen LogP contribution in [0.3, 0.4) is 0 Å². The molecule has 0 spiro atoms. The van der Waals surface area contributed by atoms with Gasteiger partial charge >= 0.3 is 0 Å². The molecule has 3 heterocycles. The van der Waals surface area contributed by atoms with Gasteiger partial charge in [0.1, 0.15) is 23.4 Å². The Kier molecular flexibility index (Phi) is 11.8. The Balaban J connectivity index is 1.43. The fourth-order valence-electron chi connectivity index (χ4n) is 8.11. The van der Waals surface area contributed by atoms with Crippen LogP contribution < -0.4 is 11.1 Å². The molecule has 12 heteroatoms. The second kappa shape index (κ2) is 15.7. The number of carbonyl (C=O) groups is 2. The molecule has 3 aromatic rings. The number of amides is 2. The van der Waals surface area contributed by atoms with Gasteiger partial charge in [-0.05, 0) is 49.8 Å². The van der Waals surface area contributed by atoms with Crippen LogP contribution >= 0.6 is 11.6 Å². The van der Waals surface area contributed by atoms with Crippen LogP contribution in [0.4, 0.5) is 5.82 Å². The smallest absolute Gasteiger partial charge is 0.267 e. The molecule has 0 saturated heterocycles. The number of halogens is 1. The zero-order valence-corrected chi connectivity index (χ0v) is 31.4. The van der Waals surface area contributed by atoms with Crippen molar-refractivity contribution < 1.29 is 14.3 Å². The summed E-state index contributed by atoms with van der Waals surface area (Å²) in [7, 11) is 0.524. The molecule has 0 bridgehead atoms. The summed E-state index contributed by atoms with van der Waals surface area (Å²) in [6, 6.07) is 4.78. The van der Waals surface area contributed by atoms with Gasteiger partial charge in [0, 0.05) is 44.1 Å². The molecule has 262 valence electrons. The third-order valence-electron chi connectivity index (χ3n) is 10.6. The highest BCUT2D eigenvalue weighted by Gasteiger charge is 2.43. The van der Waals surface area contributed by atoms with Crippen LogP contribution in [0.5, 0.6) is 0 Å². The van der Waals surface area contributed by atoms with Crippen molar-refractivity contribution in [2.75, 3.05) is 11.9 Å². The highest BCUT2D eigenvalue weighted by Crippen LogP contribution is 2.48. The van der Waals surface area contributed by atoms with Crippen molar-refractivity contribution in [3.05, 3.63) is 46.1 Å². The number of ether oxygens (including phenoxy) is 1. The summed E-state index contributed by atoms with van der Waals surface area (Å²) in [6.45, 7) is 12.1. The van der Waals surface area contributed by atoms with E-state index in [-0.39, 0.29) is 17.0 Å². The Hall–Kier alpha value is -3.02. The summed E-state index contributed by atoms with van der Waals surface area (Å²) in [5.41, 5.74) is 10.2. The number of rotatable bonds is 13. The van der Waals surface area contributed by atoms with Crippen molar-refractivity contribution in [1.82, 2.24) is 24.5 Å². The van der Waals surface area contributed by atoms with Crippen molar-refractivity contribution >= 4 is 37.3 Å². The van der Waals surface area contributed by atoms with E-state index in [1.165, 1.54) is 17.5 Å². The van der Waals surface area contributed by atoms with E-state index in [0.717, 1.165) is 79.9 Å². The lowest BCUT2D eigenvalue weighted by Crippen LogP contribution is -2.39. The number of pyridine rings is 1. The van der Waals surface area contributed by atoms with Crippen LogP contribution in [0.15, 0.2) is 18.3 Å². The van der Waals surface area contributed by atoms with E-state index in [1.807, 2.05) is 24.6 Å². The molecule has 0 aliphatic heterocycles. The van der Waals surface area contributed by atoms with E-state index in [4.69, 9.17) is 27.2 Å². The minimum absolute atomic E-state index is 0.0757. The largest absolute Gasteiger partial charge is 0.364 e. The molecular formula is C36H54ClN7O3Si. The predicted molar refractivity (Wildman–Crippen MR) is 194 cm³/mol. The molecule has 0 unspecified atom stereocenters. The van der Waals surface area contributed by atoms with Gasteiger partial charge in [-0.2, -0.15) is 10.2 Å². The van der Waals surface area contributed by atoms with Gasteiger partial charge in [0.15, 0.2) is 0 Å². The first-order valence-corrected chi connectivity index (χ1v) is 21.9. The molecule has 5 rings (SSSR count). The lowest BCUT2D eigenvalue weighted by molar-refractivity contribution is -0.120. The van der Waals surface area contributed by atoms with Crippen LogP contribution in [0.1, 0.15) is 97.6 Å². The van der Waals surface area contributed by atoms with Crippen molar-refractivity contribution in [3.63, 3.8) is 0 Å². The maximum atomic E-state index is 14.6. The van der Waals surface area contributed by atoms with E-state index in [1.54, 1.807) is 19.3 Å². The van der Waals surface area contributed by atoms with Gasteiger partial charge in [-0.3, -0.25) is 14.3 Å². The molecule has 0 radical (unpaired) electrons. The molecule has 2 saturated carbocycles. The van der Waals surface area contributed by atoms with E-state index < -0.39 is 19.9 Å². The molecule has 2 amide bonds. The molecule has 3 aromatic heterocycles. The topological polar surface area (TPSA) is 130 Å². The third-order valence-corrected chi connectivity index (χ3v) is 12.5. The Labute approximate surface area is 291 Å². The SMILES string of the molecule is Cc1nn(COCC[Si](C)(C)C)c(C)c1-c1ccc(NC(=O)[C@H](c2cnn(C)c2C(N)=O)C(C2CCCCC2)C2CCCCC2)nc1Cl. The standard InChI is InChI=1S/C36H54ClN7O3Si/c1-23-30(24(2)44(42-23)22-47-19-20-48(4,5)6)27-17-18-29(40-34(27)37)41-36(46)32(28-21-39-43(3)33(28)35(38)45)31(25-13-9-7-10-14-25)26-15-11-8-12-16-26/h17-18,21,25-26,31-32H,7-16,19-20,22H2,1-6H3,(H2,38,45)(H,40,41,46)/t32-/m1/s1. The van der Waals surface area contributed by atoms with Gasteiger partial charge in [-0.25, -0.2) is 9.67 Å².